The van der Waals surface area contributed by atoms with Crippen LogP contribution in [0, 0.1) is 5.92 Å². The second-order valence-electron chi connectivity index (χ2n) is 6.91. The van der Waals surface area contributed by atoms with E-state index in [1.165, 1.54) is 6.07 Å². The number of nitrogens with zero attached hydrogens (tertiary/aromatic N) is 2. The Morgan fingerprint density at radius 2 is 2.00 bits per heavy atom. The normalized spacial score (nSPS) is 19.2. The molecule has 2 heterocycles. The maximum atomic E-state index is 12.8. The van der Waals surface area contributed by atoms with Crippen molar-refractivity contribution in [3.8, 4) is 0 Å². The van der Waals surface area contributed by atoms with Gasteiger partial charge in [0.2, 0.25) is 0 Å². The molecular weight excluding hydrogens is 327 g/mol. The summed E-state index contributed by atoms with van der Waals surface area (Å²) in [7, 11) is 0. The Kier molecular flexibility index (Phi) is 4.91. The van der Waals surface area contributed by atoms with E-state index < -0.39 is 30.5 Å². The molecule has 0 unspecified atom stereocenters. The van der Waals surface area contributed by atoms with Gasteiger partial charge in [-0.2, -0.15) is 13.2 Å². The molecular formula is C15H20F3N3O3. The van der Waals surface area contributed by atoms with Crippen molar-refractivity contribution in [1.29, 1.82) is 0 Å². The molecule has 9 heteroatoms. The Hall–Kier alpha value is -2.06. The molecule has 1 aliphatic heterocycles. The Bertz CT molecular complexity index is 619. The first-order chi connectivity index (χ1) is 11.0. The van der Waals surface area contributed by atoms with Crippen LogP contribution < -0.4 is 5.32 Å². The van der Waals surface area contributed by atoms with Crippen LogP contribution in [0.5, 0.6) is 0 Å². The fraction of sp³-hybridized carbons (Fsp3) is 0.667. The van der Waals surface area contributed by atoms with Gasteiger partial charge in [0.15, 0.2) is 5.82 Å². The van der Waals surface area contributed by atoms with Crippen LogP contribution in [0.4, 0.5) is 19.0 Å². The summed E-state index contributed by atoms with van der Waals surface area (Å²) in [6, 6.07) is 1.49. The summed E-state index contributed by atoms with van der Waals surface area (Å²) in [6.45, 7) is 5.28. The highest BCUT2D eigenvalue weighted by molar-refractivity contribution is 6.39. The number of alkyl halides is 3. The fourth-order valence-electron chi connectivity index (χ4n) is 2.43. The van der Waals surface area contributed by atoms with Gasteiger partial charge < -0.3 is 9.42 Å². The van der Waals surface area contributed by atoms with E-state index in [2.05, 4.69) is 10.5 Å². The number of piperidine rings is 1. The van der Waals surface area contributed by atoms with Crippen molar-refractivity contribution in [1.82, 2.24) is 10.1 Å². The van der Waals surface area contributed by atoms with Crippen LogP contribution in [0.1, 0.15) is 39.4 Å². The number of hydrogen-bond donors (Lipinski definition) is 1. The molecule has 6 nitrogen and oxygen atoms in total. The van der Waals surface area contributed by atoms with Crippen molar-refractivity contribution < 1.29 is 27.3 Å². The van der Waals surface area contributed by atoms with Gasteiger partial charge in [0.05, 0.1) is 5.92 Å². The molecule has 0 aliphatic carbocycles. The van der Waals surface area contributed by atoms with Gasteiger partial charge in [0, 0.05) is 24.6 Å². The monoisotopic (exact) mass is 347 g/mol. The summed E-state index contributed by atoms with van der Waals surface area (Å²) >= 11 is 0. The van der Waals surface area contributed by atoms with Crippen LogP contribution in [0.2, 0.25) is 0 Å². The number of halogens is 3. The van der Waals surface area contributed by atoms with Crippen LogP contribution in [-0.2, 0) is 15.0 Å². The standard InChI is InChI=1S/C15H20F3N3O3/c1-14(2,3)10-7-11(20-24-10)19-12(22)13(23)21-6-4-5-9(8-21)15(16,17)18/h7,9H,4-6,8H2,1-3H3,(H,19,20,22)/t9-/m1/s1. The van der Waals surface area contributed by atoms with Crippen LogP contribution in [-0.4, -0.2) is 41.1 Å². The lowest BCUT2D eigenvalue weighted by Crippen LogP contribution is -2.48. The zero-order chi connectivity index (χ0) is 18.1. The van der Waals surface area contributed by atoms with Crippen molar-refractivity contribution in [2.45, 2.75) is 45.2 Å². The summed E-state index contributed by atoms with van der Waals surface area (Å²) in [5.74, 6) is -3.04. The van der Waals surface area contributed by atoms with Crippen LogP contribution in [0.15, 0.2) is 10.6 Å². The highest BCUT2D eigenvalue weighted by Crippen LogP contribution is 2.33. The van der Waals surface area contributed by atoms with Crippen LogP contribution >= 0.6 is 0 Å². The lowest BCUT2D eigenvalue weighted by molar-refractivity contribution is -0.188. The maximum Gasteiger partial charge on any atom is 0.393 e. The molecule has 1 fully saturated rings. The molecule has 0 saturated carbocycles. The predicted octanol–water partition coefficient (Wildman–Crippen LogP) is 2.71. The molecule has 0 bridgehead atoms. The first-order valence-corrected chi connectivity index (χ1v) is 7.62. The number of carbonyl (C=O) groups excluding carboxylic acids is 2. The minimum absolute atomic E-state index is 0.0346. The summed E-state index contributed by atoms with van der Waals surface area (Å²) in [5.41, 5.74) is -0.327. The molecule has 0 spiro atoms. The van der Waals surface area contributed by atoms with Gasteiger partial charge in [0.25, 0.3) is 0 Å². The summed E-state index contributed by atoms with van der Waals surface area (Å²) in [4.78, 5) is 25.0. The third-order valence-electron chi connectivity index (χ3n) is 3.86. The van der Waals surface area contributed by atoms with E-state index in [-0.39, 0.29) is 30.6 Å². The molecule has 1 saturated heterocycles. The molecule has 0 radical (unpaired) electrons. The zero-order valence-corrected chi connectivity index (χ0v) is 13.7. The molecule has 1 aliphatic rings. The smallest absolute Gasteiger partial charge is 0.359 e. The average molecular weight is 347 g/mol. The fourth-order valence-corrected chi connectivity index (χ4v) is 2.43. The number of hydrogen-bond acceptors (Lipinski definition) is 4. The van der Waals surface area contributed by atoms with Crippen molar-refractivity contribution in [2.24, 2.45) is 5.92 Å². The van der Waals surface area contributed by atoms with E-state index in [1.54, 1.807) is 0 Å². The van der Waals surface area contributed by atoms with E-state index in [4.69, 9.17) is 4.52 Å². The summed E-state index contributed by atoms with van der Waals surface area (Å²) in [5, 5.41) is 5.92. The highest BCUT2D eigenvalue weighted by Gasteiger charge is 2.43. The quantitative estimate of drug-likeness (QED) is 0.793. The molecule has 1 N–H and O–H groups in total. The molecule has 1 aromatic rings. The number of amides is 2. The molecule has 24 heavy (non-hydrogen) atoms. The van der Waals surface area contributed by atoms with Crippen molar-refractivity contribution in [2.75, 3.05) is 18.4 Å². The van der Waals surface area contributed by atoms with Crippen molar-refractivity contribution >= 4 is 17.6 Å². The second-order valence-corrected chi connectivity index (χ2v) is 6.91. The predicted molar refractivity (Wildman–Crippen MR) is 79.2 cm³/mol. The lowest BCUT2D eigenvalue weighted by Gasteiger charge is -2.33. The zero-order valence-electron chi connectivity index (χ0n) is 13.7. The second kappa shape index (κ2) is 6.45. The minimum atomic E-state index is -4.37. The van der Waals surface area contributed by atoms with E-state index >= 15 is 0 Å². The average Bonchev–Trinajstić information content (AvgIpc) is 2.94. The van der Waals surface area contributed by atoms with Crippen LogP contribution in [0.3, 0.4) is 0 Å². The van der Waals surface area contributed by atoms with Gasteiger partial charge in [-0.25, -0.2) is 0 Å². The van der Waals surface area contributed by atoms with E-state index in [9.17, 15) is 22.8 Å². The van der Waals surface area contributed by atoms with E-state index in [1.807, 2.05) is 20.8 Å². The number of carbonyl (C=O) groups is 2. The number of rotatable bonds is 1. The summed E-state index contributed by atoms with van der Waals surface area (Å²) in [6.07, 6.45) is -4.20. The SMILES string of the molecule is CC(C)(C)c1cc(NC(=O)C(=O)N2CCC[C@@H](C(F)(F)F)C2)no1. The van der Waals surface area contributed by atoms with Crippen molar-refractivity contribution in [3.63, 3.8) is 0 Å². The van der Waals surface area contributed by atoms with Crippen molar-refractivity contribution in [3.05, 3.63) is 11.8 Å². The first kappa shape index (κ1) is 18.3. The molecule has 0 aromatic carbocycles. The number of nitrogens with one attached hydrogen (secondary N) is 1. The molecule has 2 amide bonds. The molecule has 1 aromatic heterocycles. The number of aromatic nitrogens is 1. The van der Waals surface area contributed by atoms with Gasteiger partial charge in [0.1, 0.15) is 5.76 Å². The topological polar surface area (TPSA) is 75.4 Å². The highest BCUT2D eigenvalue weighted by atomic mass is 19.4. The Morgan fingerprint density at radius 3 is 2.54 bits per heavy atom. The molecule has 2 rings (SSSR count). The molecule has 134 valence electrons. The van der Waals surface area contributed by atoms with Gasteiger partial charge in [-0.05, 0) is 12.8 Å². The largest absolute Gasteiger partial charge is 0.393 e. The first-order valence-electron chi connectivity index (χ1n) is 7.62. The lowest BCUT2D eigenvalue weighted by atomic mass is 9.93. The van der Waals surface area contributed by atoms with Gasteiger partial charge in [-0.3, -0.25) is 14.9 Å². The number of anilines is 1. The maximum absolute atomic E-state index is 12.8. The van der Waals surface area contributed by atoms with Gasteiger partial charge in [-0.15, -0.1) is 0 Å². The van der Waals surface area contributed by atoms with E-state index in [0.29, 0.717) is 5.76 Å². The Balaban J connectivity index is 1.99. The van der Waals surface area contributed by atoms with Gasteiger partial charge >= 0.3 is 18.0 Å². The Labute approximate surface area is 137 Å². The molecule has 1 atom stereocenters. The van der Waals surface area contributed by atoms with E-state index in [0.717, 1.165) is 4.90 Å². The number of likely N-dealkylation sites (tertiary alicyclic amines) is 1. The third kappa shape index (κ3) is 4.27. The minimum Gasteiger partial charge on any atom is -0.359 e. The summed E-state index contributed by atoms with van der Waals surface area (Å²) < 4.78 is 43.4. The Morgan fingerprint density at radius 1 is 1.33 bits per heavy atom. The van der Waals surface area contributed by atoms with Crippen LogP contribution in [0.25, 0.3) is 0 Å². The van der Waals surface area contributed by atoms with Gasteiger partial charge in [-0.1, -0.05) is 25.9 Å². The third-order valence-corrected chi connectivity index (χ3v) is 3.86.